The van der Waals surface area contributed by atoms with Gasteiger partial charge >= 0.3 is 0 Å². The standard InChI is InChI=1S/C15H28N2O2S.ClH/c1-16-10-13-5-7-17(8-6-13)15(18)12-20-11-14-4-2-3-9-19-14;/h13-14,16H,2-12H2,1H3;1H. The molecule has 0 bridgehead atoms. The van der Waals surface area contributed by atoms with Gasteiger partial charge in [0.15, 0.2) is 0 Å². The van der Waals surface area contributed by atoms with Crippen molar-refractivity contribution in [1.82, 2.24) is 10.2 Å². The lowest BCUT2D eigenvalue weighted by Crippen LogP contribution is -2.41. The van der Waals surface area contributed by atoms with Gasteiger partial charge in [0.05, 0.1) is 11.9 Å². The zero-order valence-electron chi connectivity index (χ0n) is 13.0. The Bertz CT molecular complexity index is 293. The van der Waals surface area contributed by atoms with Crippen LogP contribution in [0.5, 0.6) is 0 Å². The van der Waals surface area contributed by atoms with Crippen molar-refractivity contribution < 1.29 is 9.53 Å². The summed E-state index contributed by atoms with van der Waals surface area (Å²) in [7, 11) is 2.00. The molecule has 2 fully saturated rings. The molecule has 1 unspecified atom stereocenters. The number of carbonyl (C=O) groups excluding carboxylic acids is 1. The van der Waals surface area contributed by atoms with Crippen LogP contribution in [0, 0.1) is 5.92 Å². The molecule has 0 radical (unpaired) electrons. The minimum Gasteiger partial charge on any atom is -0.377 e. The van der Waals surface area contributed by atoms with E-state index in [1.165, 1.54) is 12.8 Å². The first-order chi connectivity index (χ1) is 9.79. The topological polar surface area (TPSA) is 41.6 Å². The first-order valence-corrected chi connectivity index (χ1v) is 9.06. The average Bonchev–Trinajstić information content (AvgIpc) is 2.49. The molecule has 0 aromatic heterocycles. The fraction of sp³-hybridized carbons (Fsp3) is 0.933. The third-order valence-electron chi connectivity index (χ3n) is 4.26. The summed E-state index contributed by atoms with van der Waals surface area (Å²) < 4.78 is 5.69. The Morgan fingerprint density at radius 1 is 1.29 bits per heavy atom. The van der Waals surface area contributed by atoms with E-state index < -0.39 is 0 Å². The number of hydrogen-bond donors (Lipinski definition) is 1. The molecule has 4 nitrogen and oxygen atoms in total. The van der Waals surface area contributed by atoms with Gasteiger partial charge in [0.1, 0.15) is 0 Å². The van der Waals surface area contributed by atoms with Gasteiger partial charge in [-0.2, -0.15) is 0 Å². The minimum atomic E-state index is 0. The predicted octanol–water partition coefficient (Wildman–Crippen LogP) is 2.17. The first-order valence-electron chi connectivity index (χ1n) is 7.91. The summed E-state index contributed by atoms with van der Waals surface area (Å²) in [6, 6.07) is 0. The monoisotopic (exact) mass is 336 g/mol. The van der Waals surface area contributed by atoms with Crippen molar-refractivity contribution in [2.75, 3.05) is 44.8 Å². The van der Waals surface area contributed by atoms with Gasteiger partial charge in [0.2, 0.25) is 5.91 Å². The summed E-state index contributed by atoms with van der Waals surface area (Å²) >= 11 is 1.74. The number of piperidine rings is 1. The summed E-state index contributed by atoms with van der Waals surface area (Å²) in [5.41, 5.74) is 0. The Morgan fingerprint density at radius 2 is 2.05 bits per heavy atom. The second-order valence-corrected chi connectivity index (χ2v) is 6.92. The van der Waals surface area contributed by atoms with E-state index in [1.54, 1.807) is 11.8 Å². The van der Waals surface area contributed by atoms with E-state index in [1.807, 2.05) is 11.9 Å². The smallest absolute Gasteiger partial charge is 0.232 e. The fourth-order valence-electron chi connectivity index (χ4n) is 2.98. The van der Waals surface area contributed by atoms with Gasteiger partial charge in [-0.15, -0.1) is 24.2 Å². The van der Waals surface area contributed by atoms with Crippen molar-refractivity contribution in [2.45, 2.75) is 38.2 Å². The van der Waals surface area contributed by atoms with Crippen LogP contribution >= 0.6 is 24.2 Å². The highest BCUT2D eigenvalue weighted by molar-refractivity contribution is 7.99. The van der Waals surface area contributed by atoms with E-state index in [2.05, 4.69) is 5.32 Å². The zero-order chi connectivity index (χ0) is 14.2. The number of halogens is 1. The molecule has 0 aromatic carbocycles. The van der Waals surface area contributed by atoms with Gasteiger partial charge in [-0.25, -0.2) is 0 Å². The van der Waals surface area contributed by atoms with Crippen molar-refractivity contribution in [3.63, 3.8) is 0 Å². The van der Waals surface area contributed by atoms with Crippen molar-refractivity contribution in [3.05, 3.63) is 0 Å². The molecule has 0 spiro atoms. The van der Waals surface area contributed by atoms with Gasteiger partial charge in [-0.3, -0.25) is 4.79 Å². The molecule has 2 heterocycles. The predicted molar refractivity (Wildman–Crippen MR) is 91.4 cm³/mol. The number of nitrogens with zero attached hydrogens (tertiary/aromatic N) is 1. The van der Waals surface area contributed by atoms with Crippen LogP contribution in [0.15, 0.2) is 0 Å². The summed E-state index contributed by atoms with van der Waals surface area (Å²) in [6.45, 7) is 3.85. The zero-order valence-corrected chi connectivity index (χ0v) is 14.6. The lowest BCUT2D eigenvalue weighted by Gasteiger charge is -2.32. The molecule has 1 amide bonds. The number of hydrogen-bond acceptors (Lipinski definition) is 4. The third kappa shape index (κ3) is 6.76. The Morgan fingerprint density at radius 3 is 2.67 bits per heavy atom. The van der Waals surface area contributed by atoms with Crippen LogP contribution < -0.4 is 5.32 Å². The highest BCUT2D eigenvalue weighted by Crippen LogP contribution is 2.19. The maximum atomic E-state index is 12.2. The highest BCUT2D eigenvalue weighted by atomic mass is 35.5. The molecule has 1 atom stereocenters. The molecule has 0 aromatic rings. The van der Waals surface area contributed by atoms with E-state index >= 15 is 0 Å². The third-order valence-corrected chi connectivity index (χ3v) is 5.32. The van der Waals surface area contributed by atoms with Crippen LogP contribution in [0.2, 0.25) is 0 Å². The van der Waals surface area contributed by atoms with E-state index in [9.17, 15) is 4.79 Å². The molecule has 2 aliphatic rings. The van der Waals surface area contributed by atoms with Crippen LogP contribution in [0.1, 0.15) is 32.1 Å². The summed E-state index contributed by atoms with van der Waals surface area (Å²) in [5, 5.41) is 3.23. The van der Waals surface area contributed by atoms with E-state index in [0.29, 0.717) is 17.8 Å². The lowest BCUT2D eigenvalue weighted by molar-refractivity contribution is -0.129. The molecule has 1 N–H and O–H groups in total. The number of nitrogens with one attached hydrogen (secondary N) is 1. The first kappa shape index (κ1) is 19.1. The molecule has 2 rings (SSSR count). The number of amides is 1. The van der Waals surface area contributed by atoms with E-state index in [4.69, 9.17) is 4.74 Å². The van der Waals surface area contributed by atoms with Crippen LogP contribution in [-0.2, 0) is 9.53 Å². The van der Waals surface area contributed by atoms with Crippen molar-refractivity contribution in [3.8, 4) is 0 Å². The molecule has 2 saturated heterocycles. The van der Waals surface area contributed by atoms with Gasteiger partial charge in [-0.05, 0) is 51.6 Å². The molecule has 2 aliphatic heterocycles. The molecule has 21 heavy (non-hydrogen) atoms. The van der Waals surface area contributed by atoms with Crippen molar-refractivity contribution in [1.29, 1.82) is 0 Å². The van der Waals surface area contributed by atoms with Gasteiger partial charge < -0.3 is 15.0 Å². The van der Waals surface area contributed by atoms with Gasteiger partial charge in [-0.1, -0.05) is 0 Å². The molecule has 0 aliphatic carbocycles. The number of likely N-dealkylation sites (tertiary alicyclic amines) is 1. The van der Waals surface area contributed by atoms with Gasteiger partial charge in [0, 0.05) is 25.4 Å². The fourth-order valence-corrected chi connectivity index (χ4v) is 3.98. The molecular weight excluding hydrogens is 308 g/mol. The van der Waals surface area contributed by atoms with Gasteiger partial charge in [0.25, 0.3) is 0 Å². The summed E-state index contributed by atoms with van der Waals surface area (Å²) in [5.74, 6) is 2.65. The average molecular weight is 337 g/mol. The number of carbonyl (C=O) groups is 1. The summed E-state index contributed by atoms with van der Waals surface area (Å²) in [4.78, 5) is 14.2. The summed E-state index contributed by atoms with van der Waals surface area (Å²) in [6.07, 6.45) is 6.30. The second kappa shape index (κ2) is 10.7. The molecule has 124 valence electrons. The van der Waals surface area contributed by atoms with Crippen LogP contribution in [0.3, 0.4) is 0 Å². The SMILES string of the molecule is CNCC1CCN(C(=O)CSCC2CCCCO2)CC1.Cl. The van der Waals surface area contributed by atoms with Crippen molar-refractivity contribution >= 4 is 30.1 Å². The molecule has 0 saturated carbocycles. The highest BCUT2D eigenvalue weighted by Gasteiger charge is 2.22. The largest absolute Gasteiger partial charge is 0.377 e. The minimum absolute atomic E-state index is 0. The van der Waals surface area contributed by atoms with Crippen molar-refractivity contribution in [2.24, 2.45) is 5.92 Å². The molecule has 6 heteroatoms. The lowest BCUT2D eigenvalue weighted by atomic mass is 9.97. The maximum Gasteiger partial charge on any atom is 0.232 e. The maximum absolute atomic E-state index is 12.2. The number of ether oxygens (including phenoxy) is 1. The second-order valence-electron chi connectivity index (χ2n) is 5.89. The quantitative estimate of drug-likeness (QED) is 0.807. The Balaban J connectivity index is 0.00000220. The van der Waals surface area contributed by atoms with E-state index in [0.717, 1.165) is 57.2 Å². The number of thioether (sulfide) groups is 1. The van der Waals surface area contributed by atoms with Crippen LogP contribution in [0.25, 0.3) is 0 Å². The Hall–Kier alpha value is 0.0300. The Kier molecular flexibility index (Phi) is 9.73. The van der Waals surface area contributed by atoms with E-state index in [-0.39, 0.29) is 12.4 Å². The van der Waals surface area contributed by atoms with Crippen LogP contribution in [-0.4, -0.2) is 61.7 Å². The normalized spacial score (nSPS) is 23.7. The number of rotatable bonds is 6. The van der Waals surface area contributed by atoms with Crippen LogP contribution in [0.4, 0.5) is 0 Å². The molecular formula is C15H29ClN2O2S. The Labute approximate surface area is 139 Å².